The minimum atomic E-state index is -0.315. The van der Waals surface area contributed by atoms with Gasteiger partial charge in [0, 0.05) is 19.2 Å². The molecular weight excluding hydrogens is 214 g/mol. The maximum atomic E-state index is 9.28. The molecule has 1 saturated carbocycles. The SMILES string of the molecule is CCN(C(C)COC)C1CCC(C#N)(NC)C1. The van der Waals surface area contributed by atoms with Crippen molar-refractivity contribution in [1.82, 2.24) is 10.2 Å². The van der Waals surface area contributed by atoms with E-state index in [1.54, 1.807) is 7.11 Å². The van der Waals surface area contributed by atoms with Gasteiger partial charge in [0.25, 0.3) is 0 Å². The van der Waals surface area contributed by atoms with Crippen molar-refractivity contribution in [3.05, 3.63) is 0 Å². The Kier molecular flexibility index (Phi) is 5.38. The lowest BCUT2D eigenvalue weighted by Crippen LogP contribution is -2.45. The molecule has 98 valence electrons. The number of nitrogens with one attached hydrogen (secondary N) is 1. The molecule has 0 aliphatic heterocycles. The van der Waals surface area contributed by atoms with Gasteiger partial charge in [0.1, 0.15) is 5.54 Å². The highest BCUT2D eigenvalue weighted by Crippen LogP contribution is 2.33. The predicted octanol–water partition coefficient (Wildman–Crippen LogP) is 1.38. The molecule has 0 saturated heterocycles. The van der Waals surface area contributed by atoms with E-state index in [-0.39, 0.29) is 5.54 Å². The lowest BCUT2D eigenvalue weighted by atomic mass is 9.99. The van der Waals surface area contributed by atoms with Crippen molar-refractivity contribution >= 4 is 0 Å². The summed E-state index contributed by atoms with van der Waals surface area (Å²) in [6.07, 6.45) is 2.96. The molecule has 0 bridgehead atoms. The second-order valence-electron chi connectivity index (χ2n) is 4.98. The van der Waals surface area contributed by atoms with E-state index in [9.17, 15) is 5.26 Å². The molecular formula is C13H25N3O. The summed E-state index contributed by atoms with van der Waals surface area (Å²) in [5, 5.41) is 12.5. The van der Waals surface area contributed by atoms with E-state index in [0.29, 0.717) is 12.1 Å². The molecule has 0 aromatic carbocycles. The highest BCUT2D eigenvalue weighted by molar-refractivity contribution is 5.13. The summed E-state index contributed by atoms with van der Waals surface area (Å²) in [5.41, 5.74) is -0.315. The van der Waals surface area contributed by atoms with E-state index in [2.05, 4.69) is 30.1 Å². The van der Waals surface area contributed by atoms with Crippen LogP contribution in [0.15, 0.2) is 0 Å². The number of hydrogen-bond acceptors (Lipinski definition) is 4. The summed E-state index contributed by atoms with van der Waals surface area (Å²) in [4.78, 5) is 2.46. The van der Waals surface area contributed by atoms with Crippen molar-refractivity contribution in [1.29, 1.82) is 5.26 Å². The predicted molar refractivity (Wildman–Crippen MR) is 68.8 cm³/mol. The minimum absolute atomic E-state index is 0.315. The van der Waals surface area contributed by atoms with Gasteiger partial charge in [-0.15, -0.1) is 0 Å². The average Bonchev–Trinajstić information content (AvgIpc) is 2.75. The van der Waals surface area contributed by atoms with Gasteiger partial charge in [-0.25, -0.2) is 0 Å². The number of rotatable bonds is 6. The molecule has 0 heterocycles. The first-order valence-corrected chi connectivity index (χ1v) is 6.47. The van der Waals surface area contributed by atoms with Crippen LogP contribution in [-0.2, 0) is 4.74 Å². The van der Waals surface area contributed by atoms with Gasteiger partial charge in [0.05, 0.1) is 12.7 Å². The van der Waals surface area contributed by atoms with Gasteiger partial charge in [-0.2, -0.15) is 5.26 Å². The quantitative estimate of drug-likeness (QED) is 0.760. The lowest BCUT2D eigenvalue weighted by molar-refractivity contribution is 0.0732. The molecule has 1 N–H and O–H groups in total. The summed E-state index contributed by atoms with van der Waals surface area (Å²) in [7, 11) is 3.63. The van der Waals surface area contributed by atoms with Crippen LogP contribution < -0.4 is 5.32 Å². The Labute approximate surface area is 105 Å². The zero-order valence-electron chi connectivity index (χ0n) is 11.5. The summed E-state index contributed by atoms with van der Waals surface area (Å²) < 4.78 is 5.23. The van der Waals surface area contributed by atoms with Crippen LogP contribution in [-0.4, -0.2) is 49.8 Å². The van der Waals surface area contributed by atoms with Crippen LogP contribution in [0.5, 0.6) is 0 Å². The van der Waals surface area contributed by atoms with Crippen molar-refractivity contribution in [3.63, 3.8) is 0 Å². The van der Waals surface area contributed by atoms with Gasteiger partial charge < -0.3 is 10.1 Å². The first-order chi connectivity index (χ1) is 8.12. The maximum absolute atomic E-state index is 9.28. The zero-order valence-corrected chi connectivity index (χ0v) is 11.5. The van der Waals surface area contributed by atoms with Gasteiger partial charge in [-0.05, 0) is 39.8 Å². The second-order valence-corrected chi connectivity index (χ2v) is 4.98. The van der Waals surface area contributed by atoms with Crippen LogP contribution in [0.3, 0.4) is 0 Å². The molecule has 0 radical (unpaired) electrons. The Hall–Kier alpha value is -0.630. The van der Waals surface area contributed by atoms with E-state index in [1.165, 1.54) is 0 Å². The van der Waals surface area contributed by atoms with Crippen LogP contribution in [0.1, 0.15) is 33.1 Å². The molecule has 1 rings (SSSR count). The molecule has 1 fully saturated rings. The van der Waals surface area contributed by atoms with Gasteiger partial charge in [-0.1, -0.05) is 6.92 Å². The first-order valence-electron chi connectivity index (χ1n) is 6.47. The fourth-order valence-electron chi connectivity index (χ4n) is 2.95. The molecule has 0 spiro atoms. The van der Waals surface area contributed by atoms with Gasteiger partial charge in [0.15, 0.2) is 0 Å². The zero-order chi connectivity index (χ0) is 12.9. The van der Waals surface area contributed by atoms with Crippen LogP contribution in [0.2, 0.25) is 0 Å². The van der Waals surface area contributed by atoms with Crippen molar-refractivity contribution in [3.8, 4) is 6.07 Å². The molecule has 1 aliphatic rings. The Morgan fingerprint density at radius 1 is 1.65 bits per heavy atom. The Bertz CT molecular complexity index is 276. The van der Waals surface area contributed by atoms with Crippen molar-refractivity contribution in [2.24, 2.45) is 0 Å². The normalized spacial score (nSPS) is 30.5. The molecule has 3 atom stereocenters. The fraction of sp³-hybridized carbons (Fsp3) is 0.923. The Morgan fingerprint density at radius 3 is 2.76 bits per heavy atom. The number of hydrogen-bond donors (Lipinski definition) is 1. The molecule has 4 nitrogen and oxygen atoms in total. The van der Waals surface area contributed by atoms with E-state index in [0.717, 1.165) is 32.4 Å². The largest absolute Gasteiger partial charge is 0.383 e. The third-order valence-electron chi connectivity index (χ3n) is 3.99. The van der Waals surface area contributed by atoms with Crippen LogP contribution in [0.4, 0.5) is 0 Å². The highest BCUT2D eigenvalue weighted by Gasteiger charge is 2.41. The van der Waals surface area contributed by atoms with Gasteiger partial charge in [-0.3, -0.25) is 4.90 Å². The summed E-state index contributed by atoms with van der Waals surface area (Å²) in [6.45, 7) is 6.14. The van der Waals surface area contributed by atoms with E-state index in [4.69, 9.17) is 4.74 Å². The number of nitriles is 1. The molecule has 4 heteroatoms. The van der Waals surface area contributed by atoms with Crippen LogP contribution in [0.25, 0.3) is 0 Å². The van der Waals surface area contributed by atoms with Crippen molar-refractivity contribution < 1.29 is 4.74 Å². The summed E-state index contributed by atoms with van der Waals surface area (Å²) in [5.74, 6) is 0. The van der Waals surface area contributed by atoms with E-state index >= 15 is 0 Å². The van der Waals surface area contributed by atoms with Crippen LogP contribution in [0, 0.1) is 11.3 Å². The van der Waals surface area contributed by atoms with E-state index in [1.807, 2.05) is 7.05 Å². The molecule has 1 aliphatic carbocycles. The van der Waals surface area contributed by atoms with E-state index < -0.39 is 0 Å². The number of likely N-dealkylation sites (N-methyl/N-ethyl adjacent to an activating group) is 1. The highest BCUT2D eigenvalue weighted by atomic mass is 16.5. The maximum Gasteiger partial charge on any atom is 0.108 e. The molecule has 3 unspecified atom stereocenters. The third-order valence-corrected chi connectivity index (χ3v) is 3.99. The van der Waals surface area contributed by atoms with Gasteiger partial charge in [0.2, 0.25) is 0 Å². The molecule has 0 aromatic heterocycles. The Morgan fingerprint density at radius 2 is 2.35 bits per heavy atom. The smallest absolute Gasteiger partial charge is 0.108 e. The third kappa shape index (κ3) is 3.19. The number of nitrogens with zero attached hydrogens (tertiary/aromatic N) is 2. The van der Waals surface area contributed by atoms with Crippen molar-refractivity contribution in [2.45, 2.75) is 50.7 Å². The summed E-state index contributed by atoms with van der Waals surface area (Å²) in [6, 6.07) is 3.35. The van der Waals surface area contributed by atoms with Crippen LogP contribution >= 0.6 is 0 Å². The summed E-state index contributed by atoms with van der Waals surface area (Å²) >= 11 is 0. The molecule has 17 heavy (non-hydrogen) atoms. The Balaban J connectivity index is 2.65. The van der Waals surface area contributed by atoms with Crippen molar-refractivity contribution in [2.75, 3.05) is 27.3 Å². The molecule has 0 amide bonds. The lowest BCUT2D eigenvalue weighted by Gasteiger charge is -2.33. The molecule has 0 aromatic rings. The standard InChI is InChI=1S/C13H25N3O/c1-5-16(11(2)9-17-4)12-6-7-13(8-12,10-14)15-3/h11-12,15H,5-9H2,1-4H3. The monoisotopic (exact) mass is 239 g/mol. The average molecular weight is 239 g/mol. The fourth-order valence-corrected chi connectivity index (χ4v) is 2.95. The number of ether oxygens (including phenoxy) is 1. The minimum Gasteiger partial charge on any atom is -0.383 e. The first kappa shape index (κ1) is 14.4. The second kappa shape index (κ2) is 6.34. The number of methoxy groups -OCH3 is 1. The van der Waals surface area contributed by atoms with Gasteiger partial charge >= 0.3 is 0 Å². The topological polar surface area (TPSA) is 48.3 Å².